The zero-order chi connectivity index (χ0) is 18.5. The molecule has 0 saturated heterocycles. The van der Waals surface area contributed by atoms with E-state index < -0.39 is 12.0 Å². The molecule has 0 aliphatic rings. The number of nitrogens with zero attached hydrogens (tertiary/aromatic N) is 2. The van der Waals surface area contributed by atoms with Gasteiger partial charge in [-0.1, -0.05) is 51.0 Å². The molecule has 0 aliphatic carbocycles. The van der Waals surface area contributed by atoms with E-state index in [0.29, 0.717) is 12.2 Å². The van der Waals surface area contributed by atoms with E-state index in [-0.39, 0.29) is 0 Å². The lowest BCUT2D eigenvalue weighted by atomic mass is 10.0. The van der Waals surface area contributed by atoms with Crippen molar-refractivity contribution in [3.05, 3.63) is 41.5 Å². The molecule has 2 N–H and O–H groups in total. The first kappa shape index (κ1) is 18.3. The van der Waals surface area contributed by atoms with Crippen molar-refractivity contribution in [2.45, 2.75) is 45.6 Å². The standard InChI is InChI=1S/C20H23N3O2S/c1-3-5-6-16(20(24)25)23-18-17-15(11-26-19(17)22-12-21-18)14-9-7-13(4-2)8-10-14/h7-12,16H,3-6H2,1-2H3,(H,24,25)(H,21,22,23). The Hall–Kier alpha value is -2.47. The number of nitrogens with one attached hydrogen (secondary N) is 1. The van der Waals surface area contributed by atoms with Crippen LogP contribution in [-0.4, -0.2) is 27.1 Å². The summed E-state index contributed by atoms with van der Waals surface area (Å²) in [7, 11) is 0. The van der Waals surface area contributed by atoms with Gasteiger partial charge < -0.3 is 10.4 Å². The van der Waals surface area contributed by atoms with Crippen LogP contribution in [0.1, 0.15) is 38.7 Å². The number of hydrogen-bond acceptors (Lipinski definition) is 5. The highest BCUT2D eigenvalue weighted by molar-refractivity contribution is 7.17. The molecule has 5 nitrogen and oxygen atoms in total. The first-order chi connectivity index (χ1) is 12.6. The predicted octanol–water partition coefficient (Wildman–Crippen LogP) is 4.98. The summed E-state index contributed by atoms with van der Waals surface area (Å²) in [6, 6.07) is 7.79. The number of benzene rings is 1. The third-order valence-electron chi connectivity index (χ3n) is 4.50. The fourth-order valence-electron chi connectivity index (χ4n) is 2.95. The van der Waals surface area contributed by atoms with Crippen molar-refractivity contribution in [2.24, 2.45) is 0 Å². The molecule has 2 heterocycles. The Labute approximate surface area is 157 Å². The number of anilines is 1. The molecule has 0 amide bonds. The van der Waals surface area contributed by atoms with E-state index in [1.165, 1.54) is 11.9 Å². The minimum absolute atomic E-state index is 0.571. The number of aryl methyl sites for hydroxylation is 1. The lowest BCUT2D eigenvalue weighted by Gasteiger charge is -2.15. The number of rotatable bonds is 8. The quantitative estimate of drug-likeness (QED) is 0.586. The second-order valence-electron chi connectivity index (χ2n) is 6.28. The molecular formula is C20H23N3O2S. The largest absolute Gasteiger partial charge is 0.480 e. The molecule has 0 fully saturated rings. The van der Waals surface area contributed by atoms with E-state index >= 15 is 0 Å². The predicted molar refractivity (Wildman–Crippen MR) is 107 cm³/mol. The molecule has 1 aromatic carbocycles. The van der Waals surface area contributed by atoms with Crippen molar-refractivity contribution in [3.63, 3.8) is 0 Å². The van der Waals surface area contributed by atoms with Crippen molar-refractivity contribution >= 4 is 33.3 Å². The summed E-state index contributed by atoms with van der Waals surface area (Å²) in [5.41, 5.74) is 3.41. The average Bonchev–Trinajstić information content (AvgIpc) is 3.10. The van der Waals surface area contributed by atoms with Gasteiger partial charge >= 0.3 is 5.97 Å². The number of unbranched alkanes of at least 4 members (excludes halogenated alkanes) is 1. The van der Waals surface area contributed by atoms with Crippen LogP contribution >= 0.6 is 11.3 Å². The number of carboxylic acid groups (broad SMARTS) is 1. The van der Waals surface area contributed by atoms with E-state index in [1.54, 1.807) is 11.3 Å². The summed E-state index contributed by atoms with van der Waals surface area (Å²) >= 11 is 1.55. The molecule has 0 bridgehead atoms. The third-order valence-corrected chi connectivity index (χ3v) is 5.39. The summed E-state index contributed by atoms with van der Waals surface area (Å²) in [5, 5.41) is 15.6. The molecule has 0 radical (unpaired) electrons. The second-order valence-corrected chi connectivity index (χ2v) is 7.14. The molecule has 3 aromatic rings. The van der Waals surface area contributed by atoms with Gasteiger partial charge in [-0.3, -0.25) is 0 Å². The van der Waals surface area contributed by atoms with Gasteiger partial charge in [0.1, 0.15) is 23.0 Å². The Bertz CT molecular complexity index is 890. The van der Waals surface area contributed by atoms with Crippen molar-refractivity contribution in [3.8, 4) is 11.1 Å². The molecule has 0 saturated carbocycles. The maximum absolute atomic E-state index is 11.6. The second kappa shape index (κ2) is 8.27. The van der Waals surface area contributed by atoms with E-state index in [2.05, 4.69) is 58.8 Å². The summed E-state index contributed by atoms with van der Waals surface area (Å²) < 4.78 is 0. The molecule has 1 atom stereocenters. The van der Waals surface area contributed by atoms with Crippen LogP contribution in [0.15, 0.2) is 36.0 Å². The molecule has 136 valence electrons. The Morgan fingerprint density at radius 2 is 2.00 bits per heavy atom. The van der Waals surface area contributed by atoms with Gasteiger partial charge in [0, 0.05) is 10.9 Å². The van der Waals surface area contributed by atoms with Crippen molar-refractivity contribution in [2.75, 3.05) is 5.32 Å². The topological polar surface area (TPSA) is 75.1 Å². The molecule has 6 heteroatoms. The Balaban J connectivity index is 2.00. The Kier molecular flexibility index (Phi) is 5.83. The van der Waals surface area contributed by atoms with Crippen molar-refractivity contribution in [1.82, 2.24) is 9.97 Å². The Morgan fingerprint density at radius 1 is 1.23 bits per heavy atom. The van der Waals surface area contributed by atoms with Crippen LogP contribution in [0.2, 0.25) is 0 Å². The summed E-state index contributed by atoms with van der Waals surface area (Å²) in [4.78, 5) is 21.2. The van der Waals surface area contributed by atoms with Gasteiger partial charge in [0.25, 0.3) is 0 Å². The van der Waals surface area contributed by atoms with Crippen LogP contribution in [-0.2, 0) is 11.2 Å². The van der Waals surface area contributed by atoms with Gasteiger partial charge in [0.15, 0.2) is 0 Å². The highest BCUT2D eigenvalue weighted by Crippen LogP contribution is 2.36. The number of thiophene rings is 1. The van der Waals surface area contributed by atoms with Crippen LogP contribution in [0.25, 0.3) is 21.3 Å². The molecule has 1 unspecified atom stereocenters. The lowest BCUT2D eigenvalue weighted by molar-refractivity contribution is -0.138. The monoisotopic (exact) mass is 369 g/mol. The number of aliphatic carboxylic acids is 1. The normalized spacial score (nSPS) is 12.2. The van der Waals surface area contributed by atoms with Gasteiger partial charge in [-0.05, 0) is 24.0 Å². The molecular weight excluding hydrogens is 346 g/mol. The highest BCUT2D eigenvalue weighted by Gasteiger charge is 2.20. The molecule has 0 aliphatic heterocycles. The van der Waals surface area contributed by atoms with E-state index in [0.717, 1.165) is 40.6 Å². The maximum atomic E-state index is 11.6. The van der Waals surface area contributed by atoms with E-state index in [4.69, 9.17) is 0 Å². The summed E-state index contributed by atoms with van der Waals surface area (Å²) in [6.45, 7) is 4.19. The Morgan fingerprint density at radius 3 is 2.65 bits per heavy atom. The van der Waals surface area contributed by atoms with Gasteiger partial charge in [-0.15, -0.1) is 11.3 Å². The van der Waals surface area contributed by atoms with Gasteiger partial charge in [0.05, 0.1) is 5.39 Å². The number of carboxylic acids is 1. The van der Waals surface area contributed by atoms with Crippen molar-refractivity contribution in [1.29, 1.82) is 0 Å². The SMILES string of the molecule is CCCCC(Nc1ncnc2scc(-c3ccc(CC)cc3)c12)C(=O)O. The molecule has 26 heavy (non-hydrogen) atoms. The fraction of sp³-hybridized carbons (Fsp3) is 0.350. The first-order valence-electron chi connectivity index (χ1n) is 8.94. The van der Waals surface area contributed by atoms with E-state index in [9.17, 15) is 9.90 Å². The first-order valence-corrected chi connectivity index (χ1v) is 9.82. The van der Waals surface area contributed by atoms with Gasteiger partial charge in [-0.25, -0.2) is 14.8 Å². The van der Waals surface area contributed by atoms with Crippen LogP contribution in [0, 0.1) is 0 Å². The number of fused-ring (bicyclic) bond motifs is 1. The van der Waals surface area contributed by atoms with Crippen LogP contribution in [0.5, 0.6) is 0 Å². The van der Waals surface area contributed by atoms with Gasteiger partial charge in [0.2, 0.25) is 0 Å². The number of hydrogen-bond donors (Lipinski definition) is 2. The summed E-state index contributed by atoms with van der Waals surface area (Å²) in [6.07, 6.45) is 4.87. The van der Waals surface area contributed by atoms with Crippen LogP contribution < -0.4 is 5.32 Å². The zero-order valence-electron chi connectivity index (χ0n) is 15.0. The van der Waals surface area contributed by atoms with Crippen LogP contribution in [0.4, 0.5) is 5.82 Å². The summed E-state index contributed by atoms with van der Waals surface area (Å²) in [5.74, 6) is -0.261. The average molecular weight is 369 g/mol. The minimum Gasteiger partial charge on any atom is -0.480 e. The molecule has 3 rings (SSSR count). The zero-order valence-corrected chi connectivity index (χ0v) is 15.8. The molecule has 2 aromatic heterocycles. The fourth-order valence-corrected chi connectivity index (χ4v) is 3.86. The van der Waals surface area contributed by atoms with Gasteiger partial charge in [-0.2, -0.15) is 0 Å². The van der Waals surface area contributed by atoms with Crippen LogP contribution in [0.3, 0.4) is 0 Å². The van der Waals surface area contributed by atoms with Crippen molar-refractivity contribution < 1.29 is 9.90 Å². The smallest absolute Gasteiger partial charge is 0.326 e. The highest BCUT2D eigenvalue weighted by atomic mass is 32.1. The maximum Gasteiger partial charge on any atom is 0.326 e. The minimum atomic E-state index is -0.853. The lowest BCUT2D eigenvalue weighted by Crippen LogP contribution is -2.29. The molecule has 0 spiro atoms. The number of aromatic nitrogens is 2. The third kappa shape index (κ3) is 3.85. The number of carbonyl (C=O) groups is 1. The van der Waals surface area contributed by atoms with E-state index in [1.807, 2.05) is 0 Å².